The van der Waals surface area contributed by atoms with Crippen LogP contribution in [-0.2, 0) is 6.42 Å². The number of rotatable bonds is 9. The molecule has 0 aliphatic carbocycles. The third-order valence-electron chi connectivity index (χ3n) is 6.30. The highest BCUT2D eigenvalue weighted by Gasteiger charge is 2.30. The Bertz CT molecular complexity index is 962. The van der Waals surface area contributed by atoms with Gasteiger partial charge in [-0.2, -0.15) is 0 Å². The Morgan fingerprint density at radius 1 is 1.00 bits per heavy atom. The van der Waals surface area contributed by atoms with E-state index in [2.05, 4.69) is 19.0 Å². The Hall–Kier alpha value is -2.97. The van der Waals surface area contributed by atoms with Crippen LogP contribution in [0.4, 0.5) is 0 Å². The summed E-state index contributed by atoms with van der Waals surface area (Å²) in [5.41, 5.74) is 7.16. The van der Waals surface area contributed by atoms with Gasteiger partial charge in [-0.1, -0.05) is 12.1 Å². The second-order valence-electron chi connectivity index (χ2n) is 8.65. The number of benzene rings is 2. The fourth-order valence-electron chi connectivity index (χ4n) is 4.40. The average Bonchev–Trinajstić information content (AvgIpc) is 3.10. The maximum Gasteiger partial charge on any atom is 0.257 e. The quantitative estimate of drug-likeness (QED) is 0.598. The van der Waals surface area contributed by atoms with E-state index in [0.717, 1.165) is 31.2 Å². The van der Waals surface area contributed by atoms with Gasteiger partial charge in [-0.15, -0.1) is 0 Å². The lowest BCUT2D eigenvalue weighted by Gasteiger charge is -2.25. The van der Waals surface area contributed by atoms with E-state index in [0.29, 0.717) is 60.0 Å². The van der Waals surface area contributed by atoms with E-state index < -0.39 is 0 Å². The van der Waals surface area contributed by atoms with Crippen molar-refractivity contribution >= 4 is 5.91 Å². The summed E-state index contributed by atoms with van der Waals surface area (Å²) in [6, 6.07) is 9.84. The third kappa shape index (κ3) is 5.74. The SMILES string of the molecule is COc1c(Oc2ccc(CCN)cc2)cc(C(=O)N2CCCC(N(C)C)CC2)c(OC)c1OC. The number of likely N-dealkylation sites (tertiary alicyclic amines) is 1. The van der Waals surface area contributed by atoms with Gasteiger partial charge in [0.25, 0.3) is 5.91 Å². The van der Waals surface area contributed by atoms with Crippen molar-refractivity contribution in [2.24, 2.45) is 5.73 Å². The molecule has 2 aromatic rings. The van der Waals surface area contributed by atoms with Crippen LogP contribution < -0.4 is 24.7 Å². The van der Waals surface area contributed by atoms with Crippen molar-refractivity contribution in [2.75, 3.05) is 55.1 Å². The number of hydrogen-bond donors (Lipinski definition) is 1. The van der Waals surface area contributed by atoms with Crippen LogP contribution in [0.2, 0.25) is 0 Å². The lowest BCUT2D eigenvalue weighted by atomic mass is 10.1. The summed E-state index contributed by atoms with van der Waals surface area (Å²) in [5.74, 6) is 1.92. The van der Waals surface area contributed by atoms with Crippen molar-refractivity contribution in [3.63, 3.8) is 0 Å². The number of ether oxygens (including phenoxy) is 4. The molecule has 186 valence electrons. The number of nitrogens with zero attached hydrogens (tertiary/aromatic N) is 2. The maximum absolute atomic E-state index is 13.7. The van der Waals surface area contributed by atoms with Gasteiger partial charge in [0.1, 0.15) is 5.75 Å². The molecule has 1 heterocycles. The van der Waals surface area contributed by atoms with Crippen LogP contribution in [0.15, 0.2) is 30.3 Å². The molecule has 2 aromatic carbocycles. The monoisotopic (exact) mass is 471 g/mol. The Balaban J connectivity index is 1.97. The molecular formula is C26H37N3O5. The normalized spacial score (nSPS) is 16.2. The molecule has 0 spiro atoms. The lowest BCUT2D eigenvalue weighted by Crippen LogP contribution is -2.34. The van der Waals surface area contributed by atoms with Gasteiger partial charge in [0.2, 0.25) is 11.5 Å². The molecule has 8 heteroatoms. The topological polar surface area (TPSA) is 86.5 Å². The first-order chi connectivity index (χ1) is 16.4. The van der Waals surface area contributed by atoms with Crippen molar-refractivity contribution in [2.45, 2.75) is 31.7 Å². The van der Waals surface area contributed by atoms with Gasteiger partial charge in [0.15, 0.2) is 11.5 Å². The molecule has 1 saturated heterocycles. The summed E-state index contributed by atoms with van der Waals surface area (Å²) < 4.78 is 23.0. The van der Waals surface area contributed by atoms with E-state index in [1.807, 2.05) is 29.2 Å². The van der Waals surface area contributed by atoms with E-state index in [4.69, 9.17) is 24.7 Å². The van der Waals surface area contributed by atoms with Crippen LogP contribution in [0, 0.1) is 0 Å². The first-order valence-corrected chi connectivity index (χ1v) is 11.7. The van der Waals surface area contributed by atoms with E-state index in [-0.39, 0.29) is 5.91 Å². The van der Waals surface area contributed by atoms with E-state index in [1.54, 1.807) is 6.07 Å². The second-order valence-corrected chi connectivity index (χ2v) is 8.65. The molecule has 3 rings (SSSR count). The highest BCUT2D eigenvalue weighted by Crippen LogP contribution is 2.48. The summed E-state index contributed by atoms with van der Waals surface area (Å²) >= 11 is 0. The molecule has 1 aliphatic rings. The fraction of sp³-hybridized carbons (Fsp3) is 0.500. The predicted octanol–water partition coefficient (Wildman–Crippen LogP) is 3.56. The molecule has 2 N–H and O–H groups in total. The van der Waals surface area contributed by atoms with Gasteiger partial charge in [0.05, 0.1) is 26.9 Å². The zero-order valence-electron chi connectivity index (χ0n) is 20.9. The molecule has 0 saturated carbocycles. The molecule has 1 amide bonds. The molecule has 1 unspecified atom stereocenters. The van der Waals surface area contributed by atoms with Gasteiger partial charge < -0.3 is 34.5 Å². The summed E-state index contributed by atoms with van der Waals surface area (Å²) in [7, 11) is 8.76. The Kier molecular flexibility index (Phi) is 9.01. The van der Waals surface area contributed by atoms with E-state index >= 15 is 0 Å². The van der Waals surface area contributed by atoms with Crippen molar-refractivity contribution < 1.29 is 23.7 Å². The smallest absolute Gasteiger partial charge is 0.257 e. The number of hydrogen-bond acceptors (Lipinski definition) is 7. The molecule has 0 radical (unpaired) electrons. The molecule has 8 nitrogen and oxygen atoms in total. The predicted molar refractivity (Wildman–Crippen MR) is 133 cm³/mol. The van der Waals surface area contributed by atoms with Crippen LogP contribution in [-0.4, -0.2) is 76.8 Å². The third-order valence-corrected chi connectivity index (χ3v) is 6.30. The van der Waals surface area contributed by atoms with Crippen LogP contribution in [0.3, 0.4) is 0 Å². The van der Waals surface area contributed by atoms with Gasteiger partial charge in [-0.05, 0) is 64.0 Å². The van der Waals surface area contributed by atoms with Crippen molar-refractivity contribution in [3.05, 3.63) is 41.5 Å². The number of amides is 1. The molecule has 0 aromatic heterocycles. The fourth-order valence-corrected chi connectivity index (χ4v) is 4.40. The maximum atomic E-state index is 13.7. The highest BCUT2D eigenvalue weighted by molar-refractivity contribution is 5.99. The number of methoxy groups -OCH3 is 3. The molecule has 0 bridgehead atoms. The highest BCUT2D eigenvalue weighted by atomic mass is 16.5. The Morgan fingerprint density at radius 3 is 2.26 bits per heavy atom. The van der Waals surface area contributed by atoms with Crippen LogP contribution in [0.5, 0.6) is 28.7 Å². The summed E-state index contributed by atoms with van der Waals surface area (Å²) in [6.45, 7) is 1.96. The van der Waals surface area contributed by atoms with Crippen LogP contribution in [0.1, 0.15) is 35.2 Å². The molecule has 1 aliphatic heterocycles. The van der Waals surface area contributed by atoms with Crippen molar-refractivity contribution in [1.29, 1.82) is 0 Å². The minimum Gasteiger partial charge on any atom is -0.492 e. The van der Waals surface area contributed by atoms with Gasteiger partial charge in [-0.25, -0.2) is 0 Å². The zero-order chi connectivity index (χ0) is 24.7. The first-order valence-electron chi connectivity index (χ1n) is 11.7. The van der Waals surface area contributed by atoms with Gasteiger partial charge in [0, 0.05) is 25.2 Å². The number of carbonyl (C=O) groups excluding carboxylic acids is 1. The number of nitrogens with two attached hydrogens (primary N) is 1. The molecular weight excluding hydrogens is 434 g/mol. The average molecular weight is 472 g/mol. The van der Waals surface area contributed by atoms with Crippen molar-refractivity contribution in [3.8, 4) is 28.7 Å². The molecule has 1 atom stereocenters. The Morgan fingerprint density at radius 2 is 1.68 bits per heavy atom. The standard InChI is InChI=1S/C26H37N3O5/c1-28(2)19-7-6-15-29(16-13-19)26(30)21-17-22(24(32-4)25(33-5)23(21)31-3)34-20-10-8-18(9-11-20)12-14-27/h8-11,17,19H,6-7,12-16,27H2,1-5H3. The molecule has 34 heavy (non-hydrogen) atoms. The van der Waals surface area contributed by atoms with E-state index in [9.17, 15) is 4.79 Å². The number of carbonyl (C=O) groups is 1. The second kappa shape index (κ2) is 11.9. The minimum absolute atomic E-state index is 0.111. The van der Waals surface area contributed by atoms with E-state index in [1.165, 1.54) is 21.3 Å². The molecule has 1 fully saturated rings. The van der Waals surface area contributed by atoms with Gasteiger partial charge >= 0.3 is 0 Å². The minimum atomic E-state index is -0.111. The Labute approximate surface area is 202 Å². The first kappa shape index (κ1) is 25.6. The largest absolute Gasteiger partial charge is 0.492 e. The van der Waals surface area contributed by atoms with Crippen molar-refractivity contribution in [1.82, 2.24) is 9.80 Å². The summed E-state index contributed by atoms with van der Waals surface area (Å²) in [6.07, 6.45) is 3.73. The van der Waals surface area contributed by atoms with Crippen LogP contribution in [0.25, 0.3) is 0 Å². The summed E-state index contributed by atoms with van der Waals surface area (Å²) in [5, 5.41) is 0. The summed E-state index contributed by atoms with van der Waals surface area (Å²) in [4.78, 5) is 17.8. The lowest BCUT2D eigenvalue weighted by molar-refractivity contribution is 0.0754. The zero-order valence-corrected chi connectivity index (χ0v) is 20.9. The van der Waals surface area contributed by atoms with Gasteiger partial charge in [-0.3, -0.25) is 4.79 Å². The van der Waals surface area contributed by atoms with Crippen LogP contribution >= 0.6 is 0 Å².